The molecule has 0 aromatic heterocycles. The van der Waals surface area contributed by atoms with E-state index in [0.717, 1.165) is 0 Å². The van der Waals surface area contributed by atoms with E-state index in [4.69, 9.17) is 0 Å². The first-order valence-corrected chi connectivity index (χ1v) is 8.97. The highest BCUT2D eigenvalue weighted by molar-refractivity contribution is 7.89. The molecule has 0 bridgehead atoms. The van der Waals surface area contributed by atoms with Gasteiger partial charge in [0, 0.05) is 31.7 Å². The van der Waals surface area contributed by atoms with E-state index in [9.17, 15) is 17.6 Å². The highest BCUT2D eigenvalue weighted by Crippen LogP contribution is 2.24. The van der Waals surface area contributed by atoms with Crippen LogP contribution in [0, 0.1) is 11.7 Å². The van der Waals surface area contributed by atoms with Crippen LogP contribution in [0.5, 0.6) is 0 Å². The summed E-state index contributed by atoms with van der Waals surface area (Å²) in [5.41, 5.74) is 0.634. The van der Waals surface area contributed by atoms with Crippen LogP contribution in [0.15, 0.2) is 24.3 Å². The van der Waals surface area contributed by atoms with Gasteiger partial charge in [0.05, 0.1) is 5.75 Å². The molecule has 5 nitrogen and oxygen atoms in total. The maximum atomic E-state index is 12.9. The molecule has 1 saturated heterocycles. The van der Waals surface area contributed by atoms with Crippen molar-refractivity contribution in [1.82, 2.24) is 4.31 Å². The first-order valence-electron chi connectivity index (χ1n) is 7.36. The summed E-state index contributed by atoms with van der Waals surface area (Å²) < 4.78 is 38.0. The van der Waals surface area contributed by atoms with Crippen LogP contribution >= 0.6 is 0 Å². The van der Waals surface area contributed by atoms with Crippen molar-refractivity contribution in [3.05, 3.63) is 30.1 Å². The van der Waals surface area contributed by atoms with E-state index < -0.39 is 10.0 Å². The molecule has 0 unspecified atom stereocenters. The molecule has 0 radical (unpaired) electrons. The number of benzene rings is 1. The van der Waals surface area contributed by atoms with Crippen LogP contribution in [0.2, 0.25) is 0 Å². The van der Waals surface area contributed by atoms with Gasteiger partial charge in [-0.15, -0.1) is 0 Å². The summed E-state index contributed by atoms with van der Waals surface area (Å²) in [6.45, 7) is 2.38. The predicted molar refractivity (Wildman–Crippen MR) is 83.6 cm³/mol. The lowest BCUT2D eigenvalue weighted by Crippen LogP contribution is -2.44. The van der Waals surface area contributed by atoms with Gasteiger partial charge in [-0.1, -0.05) is 0 Å². The van der Waals surface area contributed by atoms with Crippen LogP contribution in [0.4, 0.5) is 10.1 Å². The number of halogens is 1. The van der Waals surface area contributed by atoms with Crippen LogP contribution < -0.4 is 4.90 Å². The largest absolute Gasteiger partial charge is 0.315 e. The first-order chi connectivity index (χ1) is 10.3. The minimum Gasteiger partial charge on any atom is -0.315 e. The zero-order valence-corrected chi connectivity index (χ0v) is 13.6. The third-order valence-corrected chi connectivity index (χ3v) is 5.99. The first kappa shape index (κ1) is 16.9. The third-order valence-electron chi connectivity index (χ3n) is 4.11. The second kappa shape index (κ2) is 6.75. The Morgan fingerprint density at radius 2 is 1.82 bits per heavy atom. The van der Waals surface area contributed by atoms with Crippen molar-refractivity contribution < 1.29 is 17.6 Å². The lowest BCUT2D eigenvalue weighted by atomic mass is 9.96. The van der Waals surface area contributed by atoms with Gasteiger partial charge < -0.3 is 4.90 Å². The second-order valence-electron chi connectivity index (χ2n) is 5.45. The van der Waals surface area contributed by atoms with E-state index in [1.54, 1.807) is 26.1 Å². The molecule has 0 spiro atoms. The van der Waals surface area contributed by atoms with Gasteiger partial charge in [-0.05, 0) is 44.0 Å². The summed E-state index contributed by atoms with van der Waals surface area (Å²) in [6.07, 6.45) is 1.03. The smallest absolute Gasteiger partial charge is 0.229 e. The zero-order valence-electron chi connectivity index (χ0n) is 12.8. The maximum Gasteiger partial charge on any atom is 0.229 e. The molecule has 1 aromatic rings. The minimum atomic E-state index is -3.18. The van der Waals surface area contributed by atoms with E-state index >= 15 is 0 Å². The Kier molecular flexibility index (Phi) is 5.18. The van der Waals surface area contributed by atoms with Crippen molar-refractivity contribution in [3.63, 3.8) is 0 Å². The van der Waals surface area contributed by atoms with E-state index in [1.807, 2.05) is 0 Å². The highest BCUT2D eigenvalue weighted by Gasteiger charge is 2.31. The Labute approximate surface area is 130 Å². The van der Waals surface area contributed by atoms with Crippen molar-refractivity contribution >= 4 is 21.6 Å². The molecule has 1 aliphatic rings. The number of nitrogens with zero attached hydrogens (tertiary/aromatic N) is 2. The molecule has 1 heterocycles. The molecule has 2 rings (SSSR count). The van der Waals surface area contributed by atoms with Crippen LogP contribution in [-0.2, 0) is 14.8 Å². The number of anilines is 1. The molecule has 0 N–H and O–H groups in total. The Hall–Kier alpha value is -1.47. The van der Waals surface area contributed by atoms with Crippen molar-refractivity contribution in [2.75, 3.05) is 30.8 Å². The third kappa shape index (κ3) is 3.64. The van der Waals surface area contributed by atoms with Crippen molar-refractivity contribution in [2.24, 2.45) is 5.92 Å². The Morgan fingerprint density at radius 1 is 1.27 bits per heavy atom. The topological polar surface area (TPSA) is 57.7 Å². The van der Waals surface area contributed by atoms with Gasteiger partial charge in [-0.2, -0.15) is 0 Å². The van der Waals surface area contributed by atoms with Crippen molar-refractivity contribution in [1.29, 1.82) is 0 Å². The minimum absolute atomic E-state index is 0.0554. The van der Waals surface area contributed by atoms with E-state index in [0.29, 0.717) is 31.6 Å². The zero-order chi connectivity index (χ0) is 16.3. The number of hydrogen-bond donors (Lipinski definition) is 0. The molecule has 22 heavy (non-hydrogen) atoms. The Balaban J connectivity index is 1.99. The van der Waals surface area contributed by atoms with E-state index in [2.05, 4.69) is 0 Å². The number of carbonyl (C=O) groups is 1. The maximum absolute atomic E-state index is 12.9. The molecule has 0 aliphatic carbocycles. The lowest BCUT2D eigenvalue weighted by molar-refractivity contribution is -0.123. The fourth-order valence-corrected chi connectivity index (χ4v) is 3.76. The standard InChI is InChI=1S/C15H21FN2O3S/c1-3-22(20,21)18-10-8-12(9-11-18)15(19)17(2)14-6-4-13(16)5-7-14/h4-7,12H,3,8-11H2,1-2H3. The SMILES string of the molecule is CCS(=O)(=O)N1CCC(C(=O)N(C)c2ccc(F)cc2)CC1. The van der Waals surface area contributed by atoms with Crippen LogP contribution in [0.3, 0.4) is 0 Å². The summed E-state index contributed by atoms with van der Waals surface area (Å²) in [7, 11) is -1.52. The monoisotopic (exact) mass is 328 g/mol. The molecule has 122 valence electrons. The summed E-state index contributed by atoms with van der Waals surface area (Å²) in [4.78, 5) is 14.0. The number of hydrogen-bond acceptors (Lipinski definition) is 3. The van der Waals surface area contributed by atoms with Crippen LogP contribution in [-0.4, -0.2) is 44.5 Å². The van der Waals surface area contributed by atoms with Gasteiger partial charge in [-0.3, -0.25) is 4.79 Å². The number of sulfonamides is 1. The molecule has 0 atom stereocenters. The van der Waals surface area contributed by atoms with Gasteiger partial charge in [0.15, 0.2) is 0 Å². The van der Waals surface area contributed by atoms with Crippen molar-refractivity contribution in [3.8, 4) is 0 Å². The lowest BCUT2D eigenvalue weighted by Gasteiger charge is -2.32. The number of rotatable bonds is 4. The normalized spacial score (nSPS) is 17.4. The fourth-order valence-electron chi connectivity index (χ4n) is 2.63. The average molecular weight is 328 g/mol. The quantitative estimate of drug-likeness (QED) is 0.847. The summed E-state index contributed by atoms with van der Waals surface area (Å²) in [5, 5.41) is 0. The van der Waals surface area contributed by atoms with Crippen LogP contribution in [0.1, 0.15) is 19.8 Å². The number of piperidine rings is 1. The number of carbonyl (C=O) groups excluding carboxylic acids is 1. The van der Waals surface area contributed by atoms with Gasteiger partial charge in [0.25, 0.3) is 0 Å². The number of amides is 1. The second-order valence-corrected chi connectivity index (χ2v) is 7.71. The summed E-state index contributed by atoms with van der Waals surface area (Å²) in [5.74, 6) is -0.512. The molecule has 1 fully saturated rings. The molecule has 1 aromatic carbocycles. The van der Waals surface area contributed by atoms with Crippen molar-refractivity contribution in [2.45, 2.75) is 19.8 Å². The molecule has 1 aliphatic heterocycles. The molecule has 7 heteroatoms. The Morgan fingerprint density at radius 3 is 2.32 bits per heavy atom. The predicted octanol–water partition coefficient (Wildman–Crippen LogP) is 1.85. The van der Waals surface area contributed by atoms with Gasteiger partial charge in [0.1, 0.15) is 5.82 Å². The van der Waals surface area contributed by atoms with E-state index in [1.165, 1.54) is 21.3 Å². The van der Waals surface area contributed by atoms with Gasteiger partial charge in [-0.25, -0.2) is 17.1 Å². The van der Waals surface area contributed by atoms with Gasteiger partial charge >= 0.3 is 0 Å². The van der Waals surface area contributed by atoms with E-state index in [-0.39, 0.29) is 23.4 Å². The fraction of sp³-hybridized carbons (Fsp3) is 0.533. The Bertz CT molecular complexity index is 623. The van der Waals surface area contributed by atoms with Crippen LogP contribution in [0.25, 0.3) is 0 Å². The highest BCUT2D eigenvalue weighted by atomic mass is 32.2. The average Bonchev–Trinajstić information content (AvgIpc) is 2.54. The molecule has 0 saturated carbocycles. The molecular weight excluding hydrogens is 307 g/mol. The molecule has 1 amide bonds. The summed E-state index contributed by atoms with van der Waals surface area (Å²) in [6, 6.07) is 5.75. The molecular formula is C15H21FN2O3S. The summed E-state index contributed by atoms with van der Waals surface area (Å²) >= 11 is 0. The van der Waals surface area contributed by atoms with Gasteiger partial charge in [0.2, 0.25) is 15.9 Å².